The van der Waals surface area contributed by atoms with Crippen LogP contribution in [0.25, 0.3) is 0 Å². The number of ether oxygens (including phenoxy) is 1. The average Bonchev–Trinajstić information content (AvgIpc) is 3.19. The third-order valence-electron chi connectivity index (χ3n) is 3.82. The monoisotopic (exact) mass is 339 g/mol. The first-order valence-electron chi connectivity index (χ1n) is 7.28. The van der Waals surface area contributed by atoms with Crippen molar-refractivity contribution >= 4 is 28.8 Å². The summed E-state index contributed by atoms with van der Waals surface area (Å²) >= 11 is 7.39. The topological polar surface area (TPSA) is 42.7 Å². The molecule has 2 aromatic heterocycles. The fourth-order valence-corrected chi connectivity index (χ4v) is 3.93. The van der Waals surface area contributed by atoms with Crippen molar-refractivity contribution in [2.75, 3.05) is 13.7 Å². The molecule has 1 aliphatic rings. The lowest BCUT2D eigenvalue weighted by molar-refractivity contribution is -0.131. The predicted octanol–water partition coefficient (Wildman–Crippen LogP) is 4.05. The molecule has 22 heavy (non-hydrogen) atoms. The van der Waals surface area contributed by atoms with E-state index in [0.29, 0.717) is 13.0 Å². The fraction of sp³-hybridized carbons (Fsp3) is 0.438. The highest BCUT2D eigenvalue weighted by atomic mass is 35.5. The molecule has 0 aromatic carbocycles. The van der Waals surface area contributed by atoms with Crippen LogP contribution in [0.15, 0.2) is 28.7 Å². The van der Waals surface area contributed by atoms with Crippen molar-refractivity contribution < 1.29 is 13.9 Å². The molecule has 0 saturated carbocycles. The van der Waals surface area contributed by atoms with Crippen LogP contribution in [0.5, 0.6) is 0 Å². The molecule has 0 spiro atoms. The zero-order valence-electron chi connectivity index (χ0n) is 12.4. The van der Waals surface area contributed by atoms with Gasteiger partial charge >= 0.3 is 0 Å². The van der Waals surface area contributed by atoms with Crippen molar-refractivity contribution in [3.8, 4) is 0 Å². The van der Waals surface area contributed by atoms with Crippen molar-refractivity contribution in [2.45, 2.75) is 31.9 Å². The van der Waals surface area contributed by atoms with Crippen LogP contribution in [-0.2, 0) is 22.6 Å². The molecule has 1 saturated heterocycles. The van der Waals surface area contributed by atoms with Gasteiger partial charge in [0.15, 0.2) is 0 Å². The molecule has 1 atom stereocenters. The maximum absolute atomic E-state index is 12.6. The van der Waals surface area contributed by atoms with E-state index < -0.39 is 0 Å². The van der Waals surface area contributed by atoms with Crippen LogP contribution in [0, 0.1) is 0 Å². The van der Waals surface area contributed by atoms with Crippen LogP contribution in [-0.4, -0.2) is 24.5 Å². The van der Waals surface area contributed by atoms with Gasteiger partial charge < -0.3 is 14.1 Å². The largest absolute Gasteiger partial charge is 0.461 e. The molecule has 118 valence electrons. The highest BCUT2D eigenvalue weighted by Gasteiger charge is 2.32. The van der Waals surface area contributed by atoms with Crippen molar-refractivity contribution in [3.05, 3.63) is 45.0 Å². The number of halogens is 1. The Morgan fingerprint density at radius 2 is 2.32 bits per heavy atom. The molecule has 3 heterocycles. The number of carbonyl (C=O) groups excluding carboxylic acids is 1. The third kappa shape index (κ3) is 3.37. The summed E-state index contributed by atoms with van der Waals surface area (Å²) < 4.78 is 11.6. The minimum Gasteiger partial charge on any atom is -0.461 e. The smallest absolute Gasteiger partial charge is 0.228 e. The zero-order chi connectivity index (χ0) is 15.5. The number of nitrogens with zero attached hydrogens (tertiary/aromatic N) is 1. The molecular formula is C16H18ClNO3S. The van der Waals surface area contributed by atoms with E-state index in [0.717, 1.165) is 40.1 Å². The predicted molar refractivity (Wildman–Crippen MR) is 86.1 cm³/mol. The number of furan rings is 1. The van der Waals surface area contributed by atoms with Gasteiger partial charge in [0, 0.05) is 18.5 Å². The van der Waals surface area contributed by atoms with E-state index in [4.69, 9.17) is 20.8 Å². The first-order valence-corrected chi connectivity index (χ1v) is 8.48. The maximum atomic E-state index is 12.6. The van der Waals surface area contributed by atoms with Gasteiger partial charge in [0.1, 0.15) is 18.1 Å². The number of carbonyl (C=O) groups is 1. The quantitative estimate of drug-likeness (QED) is 0.825. The van der Waals surface area contributed by atoms with Crippen LogP contribution in [0.2, 0.25) is 4.34 Å². The van der Waals surface area contributed by atoms with Crippen LogP contribution in [0.1, 0.15) is 35.3 Å². The Labute approximate surface area is 138 Å². The number of hydrogen-bond donors (Lipinski definition) is 0. The van der Waals surface area contributed by atoms with Gasteiger partial charge in [-0.3, -0.25) is 4.79 Å². The number of amides is 1. The molecule has 0 radical (unpaired) electrons. The fourth-order valence-electron chi connectivity index (χ4n) is 2.85. The van der Waals surface area contributed by atoms with E-state index in [9.17, 15) is 4.79 Å². The molecule has 0 aliphatic carbocycles. The lowest BCUT2D eigenvalue weighted by Gasteiger charge is -2.23. The lowest BCUT2D eigenvalue weighted by Crippen LogP contribution is -2.31. The lowest BCUT2D eigenvalue weighted by atomic mass is 10.1. The van der Waals surface area contributed by atoms with Gasteiger partial charge in [-0.1, -0.05) is 11.6 Å². The number of methoxy groups -OCH3 is 1. The van der Waals surface area contributed by atoms with Gasteiger partial charge in [-0.05, 0) is 37.1 Å². The Hall–Kier alpha value is -1.30. The molecule has 3 rings (SSSR count). The summed E-state index contributed by atoms with van der Waals surface area (Å²) in [6, 6.07) is 7.65. The van der Waals surface area contributed by atoms with Crippen molar-refractivity contribution in [1.29, 1.82) is 0 Å². The van der Waals surface area contributed by atoms with E-state index >= 15 is 0 Å². The van der Waals surface area contributed by atoms with Gasteiger partial charge in [0.05, 0.1) is 16.8 Å². The van der Waals surface area contributed by atoms with E-state index in [-0.39, 0.29) is 11.9 Å². The van der Waals surface area contributed by atoms with Crippen molar-refractivity contribution in [2.24, 2.45) is 0 Å². The standard InChI is InChI=1S/C16H18ClNO3S/c1-20-10-11-4-6-14(21-11)13-3-2-8-18(13)16(19)9-12-5-7-15(17)22-12/h4-7,13H,2-3,8-10H2,1H3. The molecule has 0 bridgehead atoms. The molecule has 1 aliphatic heterocycles. The first kappa shape index (κ1) is 15.6. The highest BCUT2D eigenvalue weighted by molar-refractivity contribution is 7.16. The Kier molecular flexibility index (Phi) is 4.86. The second-order valence-electron chi connectivity index (χ2n) is 5.36. The number of rotatable bonds is 5. The number of likely N-dealkylation sites (tertiary alicyclic amines) is 1. The number of hydrogen-bond acceptors (Lipinski definition) is 4. The summed E-state index contributed by atoms with van der Waals surface area (Å²) in [5.41, 5.74) is 0. The van der Waals surface area contributed by atoms with Crippen LogP contribution < -0.4 is 0 Å². The molecule has 1 amide bonds. The van der Waals surface area contributed by atoms with E-state index in [1.54, 1.807) is 7.11 Å². The molecule has 2 aromatic rings. The minimum absolute atomic E-state index is 0.0357. The van der Waals surface area contributed by atoms with Crippen LogP contribution in [0.3, 0.4) is 0 Å². The second kappa shape index (κ2) is 6.86. The van der Waals surface area contributed by atoms with Crippen LogP contribution in [0.4, 0.5) is 0 Å². The van der Waals surface area contributed by atoms with E-state index in [2.05, 4.69) is 0 Å². The number of thiophene rings is 1. The summed E-state index contributed by atoms with van der Waals surface area (Å²) in [6.45, 7) is 1.23. The Morgan fingerprint density at radius 1 is 1.45 bits per heavy atom. The van der Waals surface area contributed by atoms with Gasteiger partial charge in [-0.2, -0.15) is 0 Å². The zero-order valence-corrected chi connectivity index (χ0v) is 14.0. The second-order valence-corrected chi connectivity index (χ2v) is 7.16. The summed E-state index contributed by atoms with van der Waals surface area (Å²) in [4.78, 5) is 15.5. The van der Waals surface area contributed by atoms with Gasteiger partial charge in [-0.15, -0.1) is 11.3 Å². The summed E-state index contributed by atoms with van der Waals surface area (Å²) in [5.74, 6) is 1.77. The summed E-state index contributed by atoms with van der Waals surface area (Å²) in [7, 11) is 1.64. The Bertz CT molecular complexity index is 651. The average molecular weight is 340 g/mol. The van der Waals surface area contributed by atoms with Gasteiger partial charge in [0.2, 0.25) is 5.91 Å². The Balaban J connectivity index is 1.70. The molecule has 0 N–H and O–H groups in total. The van der Waals surface area contributed by atoms with Gasteiger partial charge in [0.25, 0.3) is 0 Å². The molecule has 6 heteroatoms. The summed E-state index contributed by atoms with van der Waals surface area (Å²) in [5, 5.41) is 0. The minimum atomic E-state index is 0.0357. The Morgan fingerprint density at radius 3 is 3.05 bits per heavy atom. The van der Waals surface area contributed by atoms with Crippen LogP contribution >= 0.6 is 22.9 Å². The van der Waals surface area contributed by atoms with E-state index in [1.807, 2.05) is 29.2 Å². The molecule has 1 unspecified atom stereocenters. The van der Waals surface area contributed by atoms with Gasteiger partial charge in [-0.25, -0.2) is 0 Å². The van der Waals surface area contributed by atoms with E-state index in [1.165, 1.54) is 11.3 Å². The molecular weight excluding hydrogens is 322 g/mol. The van der Waals surface area contributed by atoms with Crippen molar-refractivity contribution in [3.63, 3.8) is 0 Å². The SMILES string of the molecule is COCc1ccc(C2CCCN2C(=O)Cc2ccc(Cl)s2)o1. The molecule has 4 nitrogen and oxygen atoms in total. The normalized spacial score (nSPS) is 18.1. The third-order valence-corrected chi connectivity index (χ3v) is 5.06. The highest BCUT2D eigenvalue weighted by Crippen LogP contribution is 2.34. The summed E-state index contributed by atoms with van der Waals surface area (Å²) in [6.07, 6.45) is 2.35. The van der Waals surface area contributed by atoms with Crippen molar-refractivity contribution in [1.82, 2.24) is 4.90 Å². The molecule has 1 fully saturated rings. The first-order chi connectivity index (χ1) is 10.7. The maximum Gasteiger partial charge on any atom is 0.228 e.